The third-order valence-electron chi connectivity index (χ3n) is 12.2. The molecule has 5 rings (SSSR count). The molecule has 72 heavy (non-hydrogen) atoms. The summed E-state index contributed by atoms with van der Waals surface area (Å²) in [7, 11) is -3.92. The van der Waals surface area contributed by atoms with Crippen molar-refractivity contribution in [1.82, 2.24) is 21.3 Å². The van der Waals surface area contributed by atoms with Gasteiger partial charge in [0, 0.05) is 18.2 Å². The molecule has 4 amide bonds. The lowest BCUT2D eigenvalue weighted by molar-refractivity contribution is -0.940. The molecule has 2 saturated heterocycles. The number of hydrogen-bond donors (Lipinski definition) is 4. The lowest BCUT2D eigenvalue weighted by Crippen LogP contribution is -2.61. The predicted octanol–water partition coefficient (Wildman–Crippen LogP) is 3.83. The van der Waals surface area contributed by atoms with E-state index in [-0.39, 0.29) is 77.7 Å². The van der Waals surface area contributed by atoms with Crippen LogP contribution in [0.1, 0.15) is 94.8 Å². The lowest BCUT2D eigenvalue weighted by Gasteiger charge is -2.41. The number of carbonyl (C=O) groups is 7. The number of quaternary nitrogens is 1. The fourth-order valence-electron chi connectivity index (χ4n) is 8.27. The van der Waals surface area contributed by atoms with E-state index < -0.39 is 63.6 Å². The molecule has 0 aromatic heterocycles. The van der Waals surface area contributed by atoms with Gasteiger partial charge in [0.15, 0.2) is 18.6 Å². The third-order valence-corrected chi connectivity index (χ3v) is 12.2. The zero-order valence-electron chi connectivity index (χ0n) is 42.8. The van der Waals surface area contributed by atoms with E-state index in [1.807, 2.05) is 88.4 Å². The quantitative estimate of drug-likeness (QED) is 0.0235. The molecule has 0 radical (unpaired) electrons. The first-order valence-electron chi connectivity index (χ1n) is 24.5. The Hall–Kier alpha value is -5.86. The van der Waals surface area contributed by atoms with Gasteiger partial charge in [-0.15, -0.1) is 0 Å². The number of nitrogens with zero attached hydrogens (tertiary/aromatic N) is 1. The van der Waals surface area contributed by atoms with Crippen LogP contribution in [0.15, 0.2) is 78.9 Å². The van der Waals surface area contributed by atoms with E-state index in [4.69, 9.17) is 27.2 Å². The number of carbonyl (C=O) groups excluding carboxylic acids is 7. The van der Waals surface area contributed by atoms with Crippen LogP contribution >= 0.6 is 0 Å². The molecule has 394 valence electrons. The molecule has 2 fully saturated rings. The number of Topliss-reactive ketones (excluding diaryl/α,β-unsaturated/α-hetero) is 1. The monoisotopic (exact) mass is 1020 g/mol. The molecule has 0 spiro atoms. The van der Waals surface area contributed by atoms with Crippen LogP contribution in [-0.2, 0) is 67.7 Å². The van der Waals surface area contributed by atoms with Gasteiger partial charge in [0.1, 0.15) is 49.1 Å². The van der Waals surface area contributed by atoms with Crippen LogP contribution in [0.5, 0.6) is 5.75 Å². The number of ether oxygens (including phenoxy) is 3. The minimum absolute atomic E-state index is 0.00322. The summed E-state index contributed by atoms with van der Waals surface area (Å²) in [6, 6.07) is 19.8. The first-order valence-corrected chi connectivity index (χ1v) is 26.3. The van der Waals surface area contributed by atoms with Crippen LogP contribution in [0.25, 0.3) is 0 Å². The second-order valence-electron chi connectivity index (χ2n) is 20.1. The van der Waals surface area contributed by atoms with Gasteiger partial charge in [-0.25, -0.2) is 8.42 Å². The average Bonchev–Trinajstić information content (AvgIpc) is 4.07. The molecule has 0 aliphatic carbocycles. The van der Waals surface area contributed by atoms with Crippen molar-refractivity contribution in [1.29, 1.82) is 0 Å². The molecule has 2 aliphatic rings. The van der Waals surface area contributed by atoms with Crippen molar-refractivity contribution >= 4 is 51.8 Å². The van der Waals surface area contributed by atoms with Crippen LogP contribution in [0.2, 0.25) is 0 Å². The van der Waals surface area contributed by atoms with Gasteiger partial charge in [-0.2, -0.15) is 0 Å². The smallest absolute Gasteiger partial charge is 0.313 e. The van der Waals surface area contributed by atoms with E-state index >= 15 is 0 Å². The van der Waals surface area contributed by atoms with Crippen molar-refractivity contribution < 1.29 is 65.2 Å². The Morgan fingerprint density at radius 1 is 0.736 bits per heavy atom. The van der Waals surface area contributed by atoms with Crippen LogP contribution in [0.4, 0.5) is 0 Å². The number of ketones is 1. The fraction of sp³-hybridized carbons (Fsp3) is 0.528. The Morgan fingerprint density at radius 3 is 1.79 bits per heavy atom. The van der Waals surface area contributed by atoms with Gasteiger partial charge in [0.05, 0.1) is 47.5 Å². The summed E-state index contributed by atoms with van der Waals surface area (Å²) in [6.45, 7) is 15.3. The molecule has 3 aromatic rings. The topological polar surface area (TPSA) is 256 Å². The average molecular weight is 1020 g/mol. The molecule has 5 atom stereocenters. The Balaban J connectivity index is 0.00000214. The summed E-state index contributed by atoms with van der Waals surface area (Å²) in [4.78, 5) is 95.2. The van der Waals surface area contributed by atoms with E-state index in [0.717, 1.165) is 16.7 Å². The highest BCUT2D eigenvalue weighted by molar-refractivity contribution is 7.84. The Kier molecular flexibility index (Phi) is 22.2. The van der Waals surface area contributed by atoms with Crippen LogP contribution in [0, 0.1) is 17.8 Å². The Morgan fingerprint density at radius 2 is 1.25 bits per heavy atom. The van der Waals surface area contributed by atoms with Crippen LogP contribution in [0.3, 0.4) is 0 Å². The Bertz CT molecular complexity index is 2410. The fourth-order valence-corrected chi connectivity index (χ4v) is 8.27. The van der Waals surface area contributed by atoms with Crippen LogP contribution < -0.4 is 26.0 Å². The minimum atomic E-state index is -3.92. The van der Waals surface area contributed by atoms with Gasteiger partial charge in [0.25, 0.3) is 5.91 Å². The van der Waals surface area contributed by atoms with Gasteiger partial charge < -0.3 is 44.5 Å². The van der Waals surface area contributed by atoms with Gasteiger partial charge >= 0.3 is 5.97 Å². The van der Waals surface area contributed by atoms with Crippen molar-refractivity contribution in [3.05, 3.63) is 101 Å². The maximum atomic E-state index is 14.5. The van der Waals surface area contributed by atoms with E-state index in [2.05, 4.69) is 21.3 Å². The van der Waals surface area contributed by atoms with Gasteiger partial charge in [0.2, 0.25) is 17.7 Å². The first-order chi connectivity index (χ1) is 33.9. The SMILES string of the molecule is CC(C)CC(NC(=O)C(CCc1ccccc1)NC(=O)C[N+]1(Cc2ccc(OC(=O)C(C)C)c(C=O)c2)CCOCC1)C(=O)NC(Cc1ccccc1)C(=O)NC(CC(C)C)C(=O)[C@@]1(C)CO1.CS(=O)(=O)[O-]. The number of esters is 1. The van der Waals surface area contributed by atoms with Gasteiger partial charge in [-0.1, -0.05) is 102 Å². The third kappa shape index (κ3) is 20.0. The number of amides is 4. The molecule has 0 saturated carbocycles. The maximum Gasteiger partial charge on any atom is 0.313 e. The maximum absolute atomic E-state index is 14.5. The van der Waals surface area contributed by atoms with Gasteiger partial charge in [-0.3, -0.25) is 33.6 Å². The highest BCUT2D eigenvalue weighted by Crippen LogP contribution is 2.30. The first kappa shape index (κ1) is 58.7. The van der Waals surface area contributed by atoms with Gasteiger partial charge in [-0.05, 0) is 73.8 Å². The number of aryl methyl sites for hydroxylation is 1. The number of rotatable bonds is 25. The van der Waals surface area contributed by atoms with Crippen molar-refractivity contribution in [2.24, 2.45) is 17.8 Å². The zero-order chi connectivity index (χ0) is 53.2. The van der Waals surface area contributed by atoms with Crippen molar-refractivity contribution in [2.45, 2.75) is 117 Å². The molecule has 4 unspecified atom stereocenters. The number of benzene rings is 3. The Labute approximate surface area is 424 Å². The van der Waals surface area contributed by atoms with Crippen molar-refractivity contribution in [3.63, 3.8) is 0 Å². The second-order valence-corrected chi connectivity index (χ2v) is 21.6. The summed E-state index contributed by atoms with van der Waals surface area (Å²) in [5.74, 6) is -2.91. The van der Waals surface area contributed by atoms with E-state index in [1.54, 1.807) is 39.0 Å². The number of epoxide rings is 1. The second kappa shape index (κ2) is 27.3. The normalized spacial score (nSPS) is 17.8. The number of nitrogens with one attached hydrogen (secondary N) is 4. The highest BCUT2D eigenvalue weighted by Gasteiger charge is 2.50. The van der Waals surface area contributed by atoms with E-state index in [1.165, 1.54) is 0 Å². The van der Waals surface area contributed by atoms with E-state index in [0.29, 0.717) is 58.2 Å². The predicted molar refractivity (Wildman–Crippen MR) is 268 cm³/mol. The summed E-state index contributed by atoms with van der Waals surface area (Å²) in [6.07, 6.45) is 2.68. The molecule has 18 nitrogen and oxygen atoms in total. The van der Waals surface area contributed by atoms with Crippen LogP contribution in [-0.4, -0.2) is 135 Å². The molecule has 2 heterocycles. The molecular weight excluding hydrogens is 947 g/mol. The minimum Gasteiger partial charge on any atom is -0.748 e. The van der Waals surface area contributed by atoms with Crippen molar-refractivity contribution in [2.75, 3.05) is 45.7 Å². The van der Waals surface area contributed by atoms with Crippen molar-refractivity contribution in [3.8, 4) is 5.75 Å². The highest BCUT2D eigenvalue weighted by atomic mass is 32.2. The largest absolute Gasteiger partial charge is 0.748 e. The molecule has 3 aromatic carbocycles. The molecule has 2 aliphatic heterocycles. The summed E-state index contributed by atoms with van der Waals surface area (Å²) in [5.41, 5.74) is 1.76. The molecule has 0 bridgehead atoms. The number of aldehydes is 1. The standard InChI is InChI=1S/C52H69N5O10.CH4O3S/c1-34(2)26-42(47(60)52(7)33-66-52)54-50(63)44(29-38-16-12-9-13-17-38)56-49(62)43(27-35(3)4)55-48(61)41(20-18-37-14-10-8-11-15-37)53-46(59)31-57(22-24-65-25-23-57)30-39-19-21-45(40(28-39)32-58)67-51(64)36(5)6;1-5(2,3)4/h8-17,19,21,28,32,34-36,41-44H,18,20,22-27,29-31,33H2,1-7H3,(H3-,53,54,55,56,59,61,62,63);1H3,(H,2,3,4)/t41?,42?,43?,44?,52-;/m1./s1. The summed E-state index contributed by atoms with van der Waals surface area (Å²) < 4.78 is 44.1. The lowest BCUT2D eigenvalue weighted by atomic mass is 9.93. The summed E-state index contributed by atoms with van der Waals surface area (Å²) in [5, 5.41) is 11.8. The molecular formula is C53H73N5O13S. The number of hydrogen-bond acceptors (Lipinski definition) is 13. The number of morpholine rings is 1. The zero-order valence-corrected chi connectivity index (χ0v) is 43.6. The molecule has 19 heteroatoms. The van der Waals surface area contributed by atoms with E-state index in [9.17, 15) is 33.6 Å². The summed E-state index contributed by atoms with van der Waals surface area (Å²) >= 11 is 0. The molecule has 4 N–H and O–H groups in total.